The minimum absolute atomic E-state index is 0.0288. The van der Waals surface area contributed by atoms with Crippen molar-refractivity contribution in [2.75, 3.05) is 0 Å². The van der Waals surface area contributed by atoms with E-state index in [9.17, 15) is 9.59 Å². The van der Waals surface area contributed by atoms with Gasteiger partial charge in [-0.2, -0.15) is 0 Å². The van der Waals surface area contributed by atoms with Crippen LogP contribution >= 0.6 is 0 Å². The van der Waals surface area contributed by atoms with Crippen molar-refractivity contribution in [2.24, 2.45) is 0 Å². The SMILES string of the molecule is Cc1c([C@H](C)NC(=O)CCC(=O)O)oc2ccccc12. The topological polar surface area (TPSA) is 79.5 Å². The molecular weight excluding hydrogens is 258 g/mol. The molecule has 0 unspecified atom stereocenters. The van der Waals surface area contributed by atoms with Crippen LogP contribution in [0.4, 0.5) is 0 Å². The van der Waals surface area contributed by atoms with Crippen molar-refractivity contribution < 1.29 is 19.1 Å². The fourth-order valence-electron chi connectivity index (χ4n) is 2.21. The number of fused-ring (bicyclic) bond motifs is 1. The van der Waals surface area contributed by atoms with Crippen LogP contribution in [-0.4, -0.2) is 17.0 Å². The lowest BCUT2D eigenvalue weighted by atomic mass is 10.1. The van der Waals surface area contributed by atoms with Gasteiger partial charge in [-0.05, 0) is 19.9 Å². The summed E-state index contributed by atoms with van der Waals surface area (Å²) in [7, 11) is 0. The van der Waals surface area contributed by atoms with Crippen LogP contribution in [0.3, 0.4) is 0 Å². The predicted molar refractivity (Wildman–Crippen MR) is 74.4 cm³/mol. The Kier molecular flexibility index (Phi) is 4.08. The van der Waals surface area contributed by atoms with E-state index in [0.717, 1.165) is 16.5 Å². The molecule has 2 rings (SSSR count). The molecule has 0 bridgehead atoms. The molecule has 2 aromatic rings. The van der Waals surface area contributed by atoms with Crippen molar-refractivity contribution in [3.05, 3.63) is 35.6 Å². The summed E-state index contributed by atoms with van der Waals surface area (Å²) in [5.74, 6) is -0.567. The first-order chi connectivity index (χ1) is 9.49. The van der Waals surface area contributed by atoms with Gasteiger partial charge in [0.1, 0.15) is 11.3 Å². The summed E-state index contributed by atoms with van der Waals surface area (Å²) in [5, 5.41) is 12.3. The number of furan rings is 1. The van der Waals surface area contributed by atoms with Crippen LogP contribution in [0, 0.1) is 6.92 Å². The molecule has 0 aliphatic heterocycles. The number of carboxylic acids is 1. The molecule has 2 N–H and O–H groups in total. The van der Waals surface area contributed by atoms with Gasteiger partial charge in [0.25, 0.3) is 0 Å². The Balaban J connectivity index is 2.11. The van der Waals surface area contributed by atoms with Crippen molar-refractivity contribution in [1.82, 2.24) is 5.32 Å². The van der Waals surface area contributed by atoms with E-state index in [1.165, 1.54) is 0 Å². The zero-order chi connectivity index (χ0) is 14.7. The number of benzene rings is 1. The maximum atomic E-state index is 11.6. The molecule has 106 valence electrons. The minimum Gasteiger partial charge on any atom is -0.481 e. The standard InChI is InChI=1S/C15H17NO4/c1-9-11-5-3-4-6-12(11)20-15(9)10(2)16-13(17)7-8-14(18)19/h3-6,10H,7-8H2,1-2H3,(H,16,17)(H,18,19)/t10-/m0/s1. The average molecular weight is 275 g/mol. The number of para-hydroxylation sites is 1. The van der Waals surface area contributed by atoms with Gasteiger partial charge in [-0.3, -0.25) is 9.59 Å². The number of rotatable bonds is 5. The maximum absolute atomic E-state index is 11.6. The van der Waals surface area contributed by atoms with Gasteiger partial charge >= 0.3 is 5.97 Å². The number of aliphatic carboxylic acids is 1. The van der Waals surface area contributed by atoms with Crippen LogP contribution in [0.2, 0.25) is 0 Å². The molecule has 0 fully saturated rings. The Morgan fingerprint density at radius 3 is 2.65 bits per heavy atom. The van der Waals surface area contributed by atoms with Crippen molar-refractivity contribution in [1.29, 1.82) is 0 Å². The molecule has 1 amide bonds. The Labute approximate surface area is 116 Å². The van der Waals surface area contributed by atoms with E-state index >= 15 is 0 Å². The third-order valence-corrected chi connectivity index (χ3v) is 3.22. The number of amides is 1. The second-order valence-corrected chi connectivity index (χ2v) is 4.77. The lowest BCUT2D eigenvalue weighted by Gasteiger charge is -2.12. The van der Waals surface area contributed by atoms with E-state index < -0.39 is 5.97 Å². The highest BCUT2D eigenvalue weighted by molar-refractivity contribution is 5.83. The molecule has 1 atom stereocenters. The summed E-state index contributed by atoms with van der Waals surface area (Å²) in [6.07, 6.45) is -0.198. The van der Waals surface area contributed by atoms with E-state index in [0.29, 0.717) is 5.76 Å². The predicted octanol–water partition coefficient (Wildman–Crippen LogP) is 2.78. The number of carbonyl (C=O) groups excluding carboxylic acids is 1. The normalized spacial score (nSPS) is 12.3. The number of hydrogen-bond acceptors (Lipinski definition) is 3. The molecule has 0 aliphatic rings. The van der Waals surface area contributed by atoms with Crippen molar-refractivity contribution in [3.63, 3.8) is 0 Å². The van der Waals surface area contributed by atoms with E-state index in [2.05, 4.69) is 5.32 Å². The smallest absolute Gasteiger partial charge is 0.303 e. The molecule has 0 radical (unpaired) electrons. The lowest BCUT2D eigenvalue weighted by Crippen LogP contribution is -2.27. The Bertz CT molecular complexity index is 644. The number of aryl methyl sites for hydroxylation is 1. The highest BCUT2D eigenvalue weighted by Gasteiger charge is 2.18. The second kappa shape index (κ2) is 5.77. The van der Waals surface area contributed by atoms with Crippen LogP contribution in [0.15, 0.2) is 28.7 Å². The quantitative estimate of drug-likeness (QED) is 0.879. The average Bonchev–Trinajstić information content (AvgIpc) is 2.74. The molecule has 0 saturated heterocycles. The lowest BCUT2D eigenvalue weighted by molar-refractivity contribution is -0.138. The Hall–Kier alpha value is -2.30. The minimum atomic E-state index is -0.979. The first-order valence-corrected chi connectivity index (χ1v) is 6.48. The van der Waals surface area contributed by atoms with Crippen LogP contribution in [0.25, 0.3) is 11.0 Å². The van der Waals surface area contributed by atoms with E-state index in [1.54, 1.807) is 0 Å². The Morgan fingerprint density at radius 2 is 2.00 bits per heavy atom. The fraction of sp³-hybridized carbons (Fsp3) is 0.333. The zero-order valence-corrected chi connectivity index (χ0v) is 11.5. The number of carbonyl (C=O) groups is 2. The van der Waals surface area contributed by atoms with Crippen LogP contribution < -0.4 is 5.32 Å². The summed E-state index contributed by atoms with van der Waals surface area (Å²) in [4.78, 5) is 22.1. The van der Waals surface area contributed by atoms with Gasteiger partial charge in [0.2, 0.25) is 5.91 Å². The fourth-order valence-corrected chi connectivity index (χ4v) is 2.21. The van der Waals surface area contributed by atoms with Gasteiger partial charge in [-0.25, -0.2) is 0 Å². The van der Waals surface area contributed by atoms with E-state index in [1.807, 2.05) is 38.1 Å². The summed E-state index contributed by atoms with van der Waals surface area (Å²) in [6.45, 7) is 3.77. The van der Waals surface area contributed by atoms with E-state index in [-0.39, 0.29) is 24.8 Å². The largest absolute Gasteiger partial charge is 0.481 e. The summed E-state index contributed by atoms with van der Waals surface area (Å²) < 4.78 is 5.76. The van der Waals surface area contributed by atoms with Crippen LogP contribution in [-0.2, 0) is 9.59 Å². The monoisotopic (exact) mass is 275 g/mol. The number of hydrogen-bond donors (Lipinski definition) is 2. The van der Waals surface area contributed by atoms with Gasteiger partial charge < -0.3 is 14.8 Å². The van der Waals surface area contributed by atoms with E-state index in [4.69, 9.17) is 9.52 Å². The third-order valence-electron chi connectivity index (χ3n) is 3.22. The van der Waals surface area contributed by atoms with Gasteiger partial charge in [-0.1, -0.05) is 18.2 Å². The van der Waals surface area contributed by atoms with Crippen LogP contribution in [0.1, 0.15) is 37.1 Å². The molecular formula is C15H17NO4. The second-order valence-electron chi connectivity index (χ2n) is 4.77. The maximum Gasteiger partial charge on any atom is 0.303 e. The van der Waals surface area contributed by atoms with Gasteiger partial charge in [0.15, 0.2) is 0 Å². The highest BCUT2D eigenvalue weighted by Crippen LogP contribution is 2.29. The van der Waals surface area contributed by atoms with Crippen molar-refractivity contribution in [3.8, 4) is 0 Å². The summed E-state index contributed by atoms with van der Waals surface area (Å²) in [6, 6.07) is 7.39. The highest BCUT2D eigenvalue weighted by atomic mass is 16.4. The molecule has 0 spiro atoms. The van der Waals surface area contributed by atoms with Crippen molar-refractivity contribution in [2.45, 2.75) is 32.7 Å². The van der Waals surface area contributed by atoms with Crippen LogP contribution in [0.5, 0.6) is 0 Å². The molecule has 1 heterocycles. The van der Waals surface area contributed by atoms with Gasteiger partial charge in [0, 0.05) is 17.4 Å². The Morgan fingerprint density at radius 1 is 1.30 bits per heavy atom. The van der Waals surface area contributed by atoms with Gasteiger partial charge in [-0.15, -0.1) is 0 Å². The number of carboxylic acid groups (broad SMARTS) is 1. The first-order valence-electron chi connectivity index (χ1n) is 6.48. The zero-order valence-electron chi connectivity index (χ0n) is 11.5. The molecule has 5 nitrogen and oxygen atoms in total. The summed E-state index contributed by atoms with van der Waals surface area (Å²) in [5.41, 5.74) is 1.78. The molecule has 0 aliphatic carbocycles. The molecule has 20 heavy (non-hydrogen) atoms. The van der Waals surface area contributed by atoms with Crippen molar-refractivity contribution >= 4 is 22.8 Å². The van der Waals surface area contributed by atoms with Gasteiger partial charge in [0.05, 0.1) is 12.5 Å². The third kappa shape index (κ3) is 2.99. The molecule has 1 aromatic carbocycles. The number of nitrogens with one attached hydrogen (secondary N) is 1. The molecule has 0 saturated carbocycles. The summed E-state index contributed by atoms with van der Waals surface area (Å²) >= 11 is 0. The molecule has 1 aromatic heterocycles. The molecule has 5 heteroatoms. The first kappa shape index (κ1) is 14.1.